The van der Waals surface area contributed by atoms with Gasteiger partial charge in [-0.3, -0.25) is 9.48 Å². The predicted molar refractivity (Wildman–Crippen MR) is 154 cm³/mol. The van der Waals surface area contributed by atoms with Crippen molar-refractivity contribution >= 4 is 32.8 Å². The molecule has 0 saturated carbocycles. The van der Waals surface area contributed by atoms with Crippen LogP contribution < -0.4 is 9.46 Å². The molecule has 1 amide bonds. The van der Waals surface area contributed by atoms with Crippen LogP contribution in [0.25, 0.3) is 22.2 Å². The van der Waals surface area contributed by atoms with E-state index in [2.05, 4.69) is 19.8 Å². The number of benzene rings is 2. The Kier molecular flexibility index (Phi) is 6.49. The fraction of sp³-hybridized carbons (Fsp3) is 0.241. The van der Waals surface area contributed by atoms with E-state index >= 15 is 0 Å². The third-order valence-corrected chi connectivity index (χ3v) is 8.53. The van der Waals surface area contributed by atoms with Crippen LogP contribution in [-0.2, 0) is 24.1 Å². The molecule has 3 aromatic heterocycles. The van der Waals surface area contributed by atoms with Crippen molar-refractivity contribution in [3.05, 3.63) is 83.8 Å². The lowest BCUT2D eigenvalue weighted by molar-refractivity contribution is 0.0154. The highest BCUT2D eigenvalue weighted by Crippen LogP contribution is 2.30. The molecular formula is C29H29N7O4S. The Morgan fingerprint density at radius 1 is 1.00 bits per heavy atom. The number of hydrogen-bond acceptors (Lipinski definition) is 7. The molecule has 0 radical (unpaired) electrons. The van der Waals surface area contributed by atoms with Gasteiger partial charge < -0.3 is 14.2 Å². The number of rotatable bonds is 7. The summed E-state index contributed by atoms with van der Waals surface area (Å²) in [4.78, 5) is 23.8. The average molecular weight is 572 g/mol. The Bertz CT molecular complexity index is 1890. The fourth-order valence-corrected chi connectivity index (χ4v) is 6.03. The smallest absolute Gasteiger partial charge is 0.270 e. The first-order valence-corrected chi connectivity index (χ1v) is 14.5. The molecule has 41 heavy (non-hydrogen) atoms. The first-order chi connectivity index (χ1) is 19.6. The maximum atomic E-state index is 13.2. The average Bonchev–Trinajstić information content (AvgIpc) is 3.49. The molecule has 1 aliphatic rings. The van der Waals surface area contributed by atoms with Crippen LogP contribution in [0.3, 0.4) is 0 Å². The summed E-state index contributed by atoms with van der Waals surface area (Å²) < 4.78 is 37.9. The summed E-state index contributed by atoms with van der Waals surface area (Å²) in [5.41, 5.74) is 4.94. The van der Waals surface area contributed by atoms with Crippen LogP contribution in [0.2, 0.25) is 0 Å². The zero-order chi connectivity index (χ0) is 28.9. The molecule has 0 spiro atoms. The number of sulfonamides is 1. The van der Waals surface area contributed by atoms with Crippen LogP contribution >= 0.6 is 0 Å². The number of amides is 1. The SMILES string of the molecule is Cc1cccc(C)c1-c1cc(OC2CN(C(=O)c3cc4ccccc4n3C)C2)nc(NS(=O)(=O)c2cnn(C)c2)n1. The number of anilines is 1. The van der Waals surface area contributed by atoms with Gasteiger partial charge in [-0.15, -0.1) is 0 Å². The number of fused-ring (bicyclic) bond motifs is 1. The Morgan fingerprint density at radius 2 is 1.73 bits per heavy atom. The van der Waals surface area contributed by atoms with Crippen LogP contribution in [0.4, 0.5) is 5.95 Å². The molecule has 4 heterocycles. The number of nitrogens with zero attached hydrogens (tertiary/aromatic N) is 6. The lowest BCUT2D eigenvalue weighted by atomic mass is 10.00. The number of carbonyl (C=O) groups is 1. The zero-order valence-corrected chi connectivity index (χ0v) is 23.9. The van der Waals surface area contributed by atoms with Crippen molar-refractivity contribution in [1.29, 1.82) is 0 Å². The molecule has 1 aliphatic heterocycles. The van der Waals surface area contributed by atoms with E-state index in [4.69, 9.17) is 4.74 Å². The van der Waals surface area contributed by atoms with Gasteiger partial charge in [-0.25, -0.2) is 18.1 Å². The van der Waals surface area contributed by atoms with Gasteiger partial charge in [0.25, 0.3) is 15.9 Å². The number of aromatic nitrogens is 5. The van der Waals surface area contributed by atoms with E-state index in [0.29, 0.717) is 24.5 Å². The van der Waals surface area contributed by atoms with Gasteiger partial charge in [0.2, 0.25) is 11.8 Å². The molecule has 12 heteroatoms. The van der Waals surface area contributed by atoms with Crippen LogP contribution in [0.15, 0.2) is 71.9 Å². The van der Waals surface area contributed by atoms with Crippen LogP contribution in [0.5, 0.6) is 5.88 Å². The van der Waals surface area contributed by atoms with E-state index in [0.717, 1.165) is 27.6 Å². The number of aryl methyl sites for hydroxylation is 4. The molecule has 11 nitrogen and oxygen atoms in total. The van der Waals surface area contributed by atoms with E-state index in [1.165, 1.54) is 17.1 Å². The van der Waals surface area contributed by atoms with E-state index in [1.807, 2.05) is 74.0 Å². The van der Waals surface area contributed by atoms with Crippen LogP contribution in [-0.4, -0.2) is 62.7 Å². The highest BCUT2D eigenvalue weighted by atomic mass is 32.2. The summed E-state index contributed by atoms with van der Waals surface area (Å²) in [6, 6.07) is 17.3. The quantitative estimate of drug-likeness (QED) is 0.316. The maximum absolute atomic E-state index is 13.2. The number of likely N-dealkylation sites (tertiary alicyclic amines) is 1. The summed E-state index contributed by atoms with van der Waals surface area (Å²) in [6.07, 6.45) is 2.34. The van der Waals surface area contributed by atoms with Crippen molar-refractivity contribution in [2.75, 3.05) is 17.8 Å². The van der Waals surface area contributed by atoms with E-state index in [1.54, 1.807) is 18.0 Å². The third-order valence-electron chi connectivity index (χ3n) is 7.25. The number of hydrogen-bond donors (Lipinski definition) is 1. The van der Waals surface area contributed by atoms with Gasteiger partial charge in [0.15, 0.2) is 0 Å². The molecule has 2 aromatic carbocycles. The highest BCUT2D eigenvalue weighted by Gasteiger charge is 2.34. The second kappa shape index (κ2) is 10.0. The summed E-state index contributed by atoms with van der Waals surface area (Å²) >= 11 is 0. The lowest BCUT2D eigenvalue weighted by Crippen LogP contribution is -2.56. The predicted octanol–water partition coefficient (Wildman–Crippen LogP) is 3.69. The standard InChI is InChI=1S/C29H29N7O4S/c1-18-8-7-9-19(2)27(18)23-13-26(32-29(31-23)33-41(38,39)22-14-30-34(3)17-22)40-21-15-36(16-21)28(37)25-12-20-10-5-6-11-24(20)35(25)4/h5-14,17,21H,15-16H2,1-4H3,(H,31,32,33). The molecule has 1 N–H and O–H groups in total. The van der Waals surface area contributed by atoms with Gasteiger partial charge in [0.1, 0.15) is 16.7 Å². The van der Waals surface area contributed by atoms with Crippen molar-refractivity contribution in [1.82, 2.24) is 29.2 Å². The summed E-state index contributed by atoms with van der Waals surface area (Å²) in [6.45, 7) is 4.68. The Balaban J connectivity index is 1.25. The highest BCUT2D eigenvalue weighted by molar-refractivity contribution is 7.92. The fourth-order valence-electron chi connectivity index (χ4n) is 5.10. The molecule has 1 fully saturated rings. The van der Waals surface area contributed by atoms with Gasteiger partial charge in [-0.2, -0.15) is 10.1 Å². The van der Waals surface area contributed by atoms with E-state index < -0.39 is 10.0 Å². The molecule has 210 valence electrons. The van der Waals surface area contributed by atoms with Gasteiger partial charge >= 0.3 is 0 Å². The minimum Gasteiger partial charge on any atom is -0.470 e. The number of para-hydroxylation sites is 1. The zero-order valence-electron chi connectivity index (χ0n) is 23.1. The molecule has 0 unspecified atom stereocenters. The molecule has 1 saturated heterocycles. The molecule has 0 atom stereocenters. The molecule has 6 rings (SSSR count). The molecule has 0 aliphatic carbocycles. The minimum absolute atomic E-state index is 0.00923. The van der Waals surface area contributed by atoms with Crippen LogP contribution in [0.1, 0.15) is 21.6 Å². The second-order valence-electron chi connectivity index (χ2n) is 10.2. The topological polar surface area (TPSA) is 124 Å². The van der Waals surface area contributed by atoms with Gasteiger partial charge in [-0.1, -0.05) is 36.4 Å². The Hall–Kier alpha value is -4.71. The third kappa shape index (κ3) is 5.02. The van der Waals surface area contributed by atoms with E-state index in [9.17, 15) is 13.2 Å². The Labute approximate surface area is 237 Å². The first-order valence-electron chi connectivity index (χ1n) is 13.1. The maximum Gasteiger partial charge on any atom is 0.270 e. The number of carbonyl (C=O) groups excluding carboxylic acids is 1. The monoisotopic (exact) mass is 571 g/mol. The lowest BCUT2D eigenvalue weighted by Gasteiger charge is -2.38. The first kappa shape index (κ1) is 26.5. The summed E-state index contributed by atoms with van der Waals surface area (Å²) in [7, 11) is -0.466. The van der Waals surface area contributed by atoms with Gasteiger partial charge in [0, 0.05) is 42.8 Å². The Morgan fingerprint density at radius 3 is 2.41 bits per heavy atom. The largest absolute Gasteiger partial charge is 0.470 e. The van der Waals surface area contributed by atoms with Crippen molar-refractivity contribution in [2.45, 2.75) is 24.8 Å². The molecular weight excluding hydrogens is 542 g/mol. The summed E-state index contributed by atoms with van der Waals surface area (Å²) in [5.74, 6) is 0.0161. The summed E-state index contributed by atoms with van der Waals surface area (Å²) in [5, 5.41) is 4.95. The van der Waals surface area contributed by atoms with Crippen molar-refractivity contribution in [3.8, 4) is 17.1 Å². The van der Waals surface area contributed by atoms with Gasteiger partial charge in [0.05, 0.1) is 25.0 Å². The number of nitrogens with one attached hydrogen (secondary N) is 1. The molecule has 5 aromatic rings. The second-order valence-corrected chi connectivity index (χ2v) is 11.9. The van der Waals surface area contributed by atoms with Crippen LogP contribution in [0, 0.1) is 13.8 Å². The van der Waals surface area contributed by atoms with E-state index in [-0.39, 0.29) is 28.7 Å². The van der Waals surface area contributed by atoms with Crippen molar-refractivity contribution < 1.29 is 17.9 Å². The van der Waals surface area contributed by atoms with Crippen molar-refractivity contribution in [2.24, 2.45) is 14.1 Å². The normalized spacial score (nSPS) is 13.8. The van der Waals surface area contributed by atoms with Crippen molar-refractivity contribution in [3.63, 3.8) is 0 Å². The minimum atomic E-state index is -3.98. The number of ether oxygens (including phenoxy) is 1. The molecule has 0 bridgehead atoms. The van der Waals surface area contributed by atoms with Gasteiger partial charge in [-0.05, 0) is 37.1 Å².